The van der Waals surface area contributed by atoms with Gasteiger partial charge in [-0.1, -0.05) is 0 Å². The summed E-state index contributed by atoms with van der Waals surface area (Å²) in [5.41, 5.74) is 5.51. The van der Waals surface area contributed by atoms with Crippen LogP contribution in [0.3, 0.4) is 0 Å². The standard InChI is InChI=1S/C11H16N5O5P/c1-22(19,20)10-6(17)2-5(21-10)3-16-4-13-7-8(16)14-11(12)15-9(7)18/h4-6,10,17H,2-3H2,1H3,(H,19,20)(H3,12,14,15,18)/t5-,6+,10-/m0/s1. The van der Waals surface area contributed by atoms with Crippen LogP contribution in [0.5, 0.6) is 0 Å². The van der Waals surface area contributed by atoms with Crippen LogP contribution in [-0.2, 0) is 15.8 Å². The van der Waals surface area contributed by atoms with Gasteiger partial charge in [-0.2, -0.15) is 4.98 Å². The van der Waals surface area contributed by atoms with E-state index in [2.05, 4.69) is 15.0 Å². The van der Waals surface area contributed by atoms with Gasteiger partial charge in [-0.3, -0.25) is 14.3 Å². The van der Waals surface area contributed by atoms with E-state index in [9.17, 15) is 19.4 Å². The number of fused-ring (bicyclic) bond motifs is 1. The predicted molar refractivity (Wildman–Crippen MR) is 77.6 cm³/mol. The number of rotatable bonds is 3. The number of anilines is 1. The van der Waals surface area contributed by atoms with Crippen molar-refractivity contribution in [1.29, 1.82) is 0 Å². The minimum Gasteiger partial charge on any atom is -0.390 e. The fourth-order valence-electron chi connectivity index (χ4n) is 2.60. The highest BCUT2D eigenvalue weighted by Gasteiger charge is 2.42. The Hall–Kier alpha value is -1.74. The van der Waals surface area contributed by atoms with Gasteiger partial charge in [0.25, 0.3) is 5.56 Å². The molecule has 0 radical (unpaired) electrons. The molecule has 4 atom stereocenters. The van der Waals surface area contributed by atoms with Crippen molar-refractivity contribution in [2.45, 2.75) is 31.0 Å². The van der Waals surface area contributed by atoms with Crippen LogP contribution in [0.1, 0.15) is 6.42 Å². The average Bonchev–Trinajstić information content (AvgIpc) is 2.94. The molecular weight excluding hydrogens is 313 g/mol. The molecule has 3 heterocycles. The topological polar surface area (TPSA) is 156 Å². The number of aromatic nitrogens is 4. The summed E-state index contributed by atoms with van der Waals surface area (Å²) >= 11 is 0. The van der Waals surface area contributed by atoms with Gasteiger partial charge >= 0.3 is 0 Å². The maximum absolute atomic E-state index is 11.7. The Morgan fingerprint density at radius 1 is 1.64 bits per heavy atom. The van der Waals surface area contributed by atoms with Crippen molar-refractivity contribution in [1.82, 2.24) is 19.5 Å². The number of nitrogens with zero attached hydrogens (tertiary/aromatic N) is 3. The van der Waals surface area contributed by atoms with Gasteiger partial charge in [0.2, 0.25) is 13.3 Å². The molecule has 1 unspecified atom stereocenters. The van der Waals surface area contributed by atoms with E-state index in [4.69, 9.17) is 10.5 Å². The smallest absolute Gasteiger partial charge is 0.280 e. The van der Waals surface area contributed by atoms with Gasteiger partial charge < -0.3 is 25.0 Å². The molecule has 0 aliphatic carbocycles. The van der Waals surface area contributed by atoms with Gasteiger partial charge in [-0.05, 0) is 0 Å². The van der Waals surface area contributed by atoms with Gasteiger partial charge in [-0.25, -0.2) is 4.98 Å². The van der Waals surface area contributed by atoms with Gasteiger partial charge in [0.05, 0.1) is 25.1 Å². The van der Waals surface area contributed by atoms with Crippen LogP contribution in [0.15, 0.2) is 11.1 Å². The number of H-pyrrole nitrogens is 1. The SMILES string of the molecule is CP(=O)(O)[C@@H]1O[C@H](Cn2cnc3c(=O)[nH]c(N)nc32)C[C@H]1O. The first-order chi connectivity index (χ1) is 10.3. The summed E-state index contributed by atoms with van der Waals surface area (Å²) in [5.74, 6) is -1.13. The number of nitrogens with two attached hydrogens (primary N) is 1. The molecule has 22 heavy (non-hydrogen) atoms. The van der Waals surface area contributed by atoms with Crippen LogP contribution < -0.4 is 11.3 Å². The summed E-state index contributed by atoms with van der Waals surface area (Å²) in [4.78, 5) is 31.6. The lowest BCUT2D eigenvalue weighted by Crippen LogP contribution is -2.20. The van der Waals surface area contributed by atoms with Crippen molar-refractivity contribution in [3.05, 3.63) is 16.7 Å². The third-order valence-electron chi connectivity index (χ3n) is 3.53. The summed E-state index contributed by atoms with van der Waals surface area (Å²) in [5, 5.41) is 9.85. The quantitative estimate of drug-likeness (QED) is 0.526. The second kappa shape index (κ2) is 5.17. The summed E-state index contributed by atoms with van der Waals surface area (Å²) in [6.07, 6.45) is 0.128. The van der Waals surface area contributed by atoms with Crippen LogP contribution >= 0.6 is 7.37 Å². The maximum atomic E-state index is 11.7. The monoisotopic (exact) mass is 329 g/mol. The molecule has 0 bridgehead atoms. The Balaban J connectivity index is 1.86. The lowest BCUT2D eigenvalue weighted by Gasteiger charge is -2.17. The van der Waals surface area contributed by atoms with Crippen LogP contribution in [-0.4, -0.2) is 54.2 Å². The molecule has 2 aromatic rings. The van der Waals surface area contributed by atoms with Crippen LogP contribution in [0.2, 0.25) is 0 Å². The number of aliphatic hydroxyl groups is 1. The molecule has 1 aliphatic heterocycles. The number of hydrogen-bond acceptors (Lipinski definition) is 7. The van der Waals surface area contributed by atoms with Gasteiger partial charge in [0.1, 0.15) is 0 Å². The molecule has 3 rings (SSSR count). The lowest BCUT2D eigenvalue weighted by molar-refractivity contribution is 0.0457. The van der Waals surface area contributed by atoms with E-state index in [1.807, 2.05) is 0 Å². The molecule has 0 saturated carbocycles. The highest BCUT2D eigenvalue weighted by atomic mass is 31.2. The zero-order valence-corrected chi connectivity index (χ0v) is 12.6. The van der Waals surface area contributed by atoms with Gasteiger partial charge in [0.15, 0.2) is 17.0 Å². The van der Waals surface area contributed by atoms with E-state index in [1.54, 1.807) is 4.57 Å². The van der Waals surface area contributed by atoms with Crippen LogP contribution in [0.25, 0.3) is 11.2 Å². The highest BCUT2D eigenvalue weighted by Crippen LogP contribution is 2.48. The molecule has 1 saturated heterocycles. The van der Waals surface area contributed by atoms with Crippen molar-refractivity contribution in [3.8, 4) is 0 Å². The minimum absolute atomic E-state index is 0.0297. The highest BCUT2D eigenvalue weighted by molar-refractivity contribution is 7.57. The second-order valence-electron chi connectivity index (χ2n) is 5.42. The summed E-state index contributed by atoms with van der Waals surface area (Å²) in [6, 6.07) is 0. The second-order valence-corrected chi connectivity index (χ2v) is 7.81. The normalized spacial score (nSPS) is 28.0. The molecule has 5 N–H and O–H groups in total. The van der Waals surface area contributed by atoms with E-state index in [0.29, 0.717) is 5.65 Å². The van der Waals surface area contributed by atoms with Crippen molar-refractivity contribution >= 4 is 24.5 Å². The average molecular weight is 329 g/mol. The number of aliphatic hydroxyl groups excluding tert-OH is 1. The van der Waals surface area contributed by atoms with Crippen molar-refractivity contribution in [3.63, 3.8) is 0 Å². The van der Waals surface area contributed by atoms with Crippen molar-refractivity contribution < 1.29 is 19.3 Å². The Labute approximate surface area is 124 Å². The zero-order chi connectivity index (χ0) is 16.1. The predicted octanol–water partition coefficient (Wildman–Crippen LogP) is -0.922. The van der Waals surface area contributed by atoms with E-state index >= 15 is 0 Å². The fraction of sp³-hybridized carbons (Fsp3) is 0.545. The molecule has 1 aliphatic rings. The summed E-state index contributed by atoms with van der Waals surface area (Å²) in [6.45, 7) is 1.39. The third-order valence-corrected chi connectivity index (χ3v) is 4.94. The Kier molecular flexibility index (Phi) is 3.56. The number of imidazole rings is 1. The lowest BCUT2D eigenvalue weighted by atomic mass is 10.2. The minimum atomic E-state index is -3.55. The molecule has 120 valence electrons. The van der Waals surface area contributed by atoms with E-state index in [-0.39, 0.29) is 24.4 Å². The molecule has 2 aromatic heterocycles. The number of aromatic amines is 1. The van der Waals surface area contributed by atoms with E-state index < -0.39 is 31.0 Å². The zero-order valence-electron chi connectivity index (χ0n) is 11.7. The van der Waals surface area contributed by atoms with Gasteiger partial charge in [-0.15, -0.1) is 0 Å². The van der Waals surface area contributed by atoms with Gasteiger partial charge in [0, 0.05) is 13.1 Å². The fourth-order valence-corrected chi connectivity index (χ4v) is 3.76. The molecule has 10 nitrogen and oxygen atoms in total. The first-order valence-corrected chi connectivity index (χ1v) is 8.77. The van der Waals surface area contributed by atoms with Crippen molar-refractivity contribution in [2.75, 3.05) is 12.4 Å². The summed E-state index contributed by atoms with van der Waals surface area (Å²) < 4.78 is 18.7. The number of nitrogen functional groups attached to an aromatic ring is 1. The number of nitrogens with one attached hydrogen (secondary N) is 1. The van der Waals surface area contributed by atoms with Crippen LogP contribution in [0, 0.1) is 0 Å². The van der Waals surface area contributed by atoms with E-state index in [1.165, 1.54) is 6.33 Å². The molecule has 1 fully saturated rings. The summed E-state index contributed by atoms with van der Waals surface area (Å²) in [7, 11) is -3.55. The molecule has 0 aromatic carbocycles. The molecule has 0 amide bonds. The Morgan fingerprint density at radius 2 is 2.36 bits per heavy atom. The Morgan fingerprint density at radius 3 is 3.00 bits per heavy atom. The first-order valence-electron chi connectivity index (χ1n) is 6.60. The van der Waals surface area contributed by atoms with Crippen LogP contribution in [0.4, 0.5) is 5.95 Å². The molecule has 0 spiro atoms. The van der Waals surface area contributed by atoms with E-state index in [0.717, 1.165) is 6.66 Å². The molecule has 11 heteroatoms. The number of ether oxygens (including phenoxy) is 1. The Bertz CT molecular complexity index is 811. The largest absolute Gasteiger partial charge is 0.390 e. The molecular formula is C11H16N5O5P. The number of hydrogen-bond donors (Lipinski definition) is 4. The van der Waals surface area contributed by atoms with Crippen molar-refractivity contribution in [2.24, 2.45) is 0 Å². The third kappa shape index (κ3) is 2.66. The first kappa shape index (κ1) is 15.2. The maximum Gasteiger partial charge on any atom is 0.280 e.